The summed E-state index contributed by atoms with van der Waals surface area (Å²) in [5, 5.41) is 9.26. The van der Waals surface area contributed by atoms with E-state index in [1.807, 2.05) is 12.1 Å². The van der Waals surface area contributed by atoms with Gasteiger partial charge in [-0.1, -0.05) is 6.07 Å². The first-order chi connectivity index (χ1) is 9.20. The summed E-state index contributed by atoms with van der Waals surface area (Å²) in [5.74, 6) is -0.225. The van der Waals surface area contributed by atoms with Gasteiger partial charge in [0.2, 0.25) is 5.88 Å². The summed E-state index contributed by atoms with van der Waals surface area (Å²) >= 11 is 0. The van der Waals surface area contributed by atoms with Crippen molar-refractivity contribution in [3.05, 3.63) is 23.9 Å². The summed E-state index contributed by atoms with van der Waals surface area (Å²) in [4.78, 5) is 17.8. The van der Waals surface area contributed by atoms with Gasteiger partial charge >= 0.3 is 5.97 Å². The normalized spacial score (nSPS) is 29.6. The molecule has 1 aromatic rings. The number of carboxylic acids is 1. The number of methoxy groups -OCH3 is 1. The van der Waals surface area contributed by atoms with Crippen molar-refractivity contribution in [2.45, 2.75) is 37.9 Å². The number of rotatable bonds is 4. The Morgan fingerprint density at radius 3 is 3.11 bits per heavy atom. The van der Waals surface area contributed by atoms with E-state index < -0.39 is 5.97 Å². The SMILES string of the molecule is COc1ncccc1CN1C2CCC1C(C(=O)O)C2. The fourth-order valence-corrected chi connectivity index (χ4v) is 3.54. The monoisotopic (exact) mass is 262 g/mol. The molecule has 102 valence electrons. The Bertz CT molecular complexity index is 491. The van der Waals surface area contributed by atoms with E-state index in [-0.39, 0.29) is 12.0 Å². The maximum absolute atomic E-state index is 11.2. The van der Waals surface area contributed by atoms with Gasteiger partial charge < -0.3 is 9.84 Å². The Balaban J connectivity index is 1.79. The van der Waals surface area contributed by atoms with Crippen molar-refractivity contribution in [2.75, 3.05) is 7.11 Å². The Labute approximate surface area is 112 Å². The van der Waals surface area contributed by atoms with Gasteiger partial charge in [-0.2, -0.15) is 0 Å². The molecule has 3 rings (SSSR count). The van der Waals surface area contributed by atoms with Crippen LogP contribution in [-0.2, 0) is 11.3 Å². The highest BCUT2D eigenvalue weighted by Crippen LogP contribution is 2.43. The van der Waals surface area contributed by atoms with Crippen LogP contribution in [0.5, 0.6) is 5.88 Å². The van der Waals surface area contributed by atoms with E-state index >= 15 is 0 Å². The third kappa shape index (κ3) is 2.08. The molecule has 3 unspecified atom stereocenters. The van der Waals surface area contributed by atoms with Crippen LogP contribution in [-0.4, -0.2) is 40.2 Å². The van der Waals surface area contributed by atoms with Gasteiger partial charge in [-0.15, -0.1) is 0 Å². The van der Waals surface area contributed by atoms with Gasteiger partial charge in [0.15, 0.2) is 0 Å². The van der Waals surface area contributed by atoms with E-state index in [1.165, 1.54) is 0 Å². The number of carboxylic acid groups (broad SMARTS) is 1. The van der Waals surface area contributed by atoms with Crippen LogP contribution >= 0.6 is 0 Å². The van der Waals surface area contributed by atoms with Gasteiger partial charge in [0.1, 0.15) is 0 Å². The molecule has 0 aromatic carbocycles. The molecule has 2 fully saturated rings. The van der Waals surface area contributed by atoms with Crippen molar-refractivity contribution >= 4 is 5.97 Å². The van der Waals surface area contributed by atoms with Crippen molar-refractivity contribution in [3.63, 3.8) is 0 Å². The lowest BCUT2D eigenvalue weighted by Crippen LogP contribution is -2.32. The second-order valence-electron chi connectivity index (χ2n) is 5.32. The lowest BCUT2D eigenvalue weighted by atomic mass is 9.89. The first-order valence-electron chi connectivity index (χ1n) is 6.67. The third-order valence-electron chi connectivity index (χ3n) is 4.39. The standard InChI is InChI=1S/C14H18N2O3/c1-19-13-9(3-2-6-15-13)8-16-10-4-5-12(16)11(7-10)14(17)18/h2-3,6,10-12H,4-5,7-8H2,1H3,(H,17,18). The molecule has 0 radical (unpaired) electrons. The van der Waals surface area contributed by atoms with Crippen LogP contribution in [0.2, 0.25) is 0 Å². The summed E-state index contributed by atoms with van der Waals surface area (Å²) < 4.78 is 5.27. The van der Waals surface area contributed by atoms with Crippen LogP contribution in [0.25, 0.3) is 0 Å². The molecule has 0 amide bonds. The molecule has 2 aliphatic rings. The van der Waals surface area contributed by atoms with Crippen molar-refractivity contribution < 1.29 is 14.6 Å². The number of aromatic nitrogens is 1. The maximum Gasteiger partial charge on any atom is 0.308 e. The molecule has 3 atom stereocenters. The van der Waals surface area contributed by atoms with E-state index in [2.05, 4.69) is 9.88 Å². The molecular weight excluding hydrogens is 244 g/mol. The summed E-state index contributed by atoms with van der Waals surface area (Å²) in [7, 11) is 1.62. The topological polar surface area (TPSA) is 62.7 Å². The zero-order valence-electron chi connectivity index (χ0n) is 11.0. The van der Waals surface area contributed by atoms with Gasteiger partial charge in [0, 0.05) is 30.4 Å². The zero-order valence-corrected chi connectivity index (χ0v) is 11.0. The van der Waals surface area contributed by atoms with Gasteiger partial charge in [-0.05, 0) is 25.3 Å². The number of hydrogen-bond donors (Lipinski definition) is 1. The Kier molecular flexibility index (Phi) is 3.14. The smallest absolute Gasteiger partial charge is 0.308 e. The molecule has 19 heavy (non-hydrogen) atoms. The molecule has 3 heterocycles. The number of carbonyl (C=O) groups is 1. The van der Waals surface area contributed by atoms with Crippen molar-refractivity contribution in [2.24, 2.45) is 5.92 Å². The van der Waals surface area contributed by atoms with Crippen molar-refractivity contribution in [3.8, 4) is 5.88 Å². The number of aliphatic carboxylic acids is 1. The predicted octanol–water partition coefficient (Wildman–Crippen LogP) is 1.53. The van der Waals surface area contributed by atoms with Crippen LogP contribution in [0, 0.1) is 5.92 Å². The quantitative estimate of drug-likeness (QED) is 0.891. The Hall–Kier alpha value is -1.62. The highest BCUT2D eigenvalue weighted by molar-refractivity contribution is 5.71. The zero-order chi connectivity index (χ0) is 13.4. The minimum atomic E-state index is -0.657. The molecule has 2 bridgehead atoms. The van der Waals surface area contributed by atoms with Gasteiger partial charge in [0.05, 0.1) is 13.0 Å². The molecule has 0 aliphatic carbocycles. The van der Waals surface area contributed by atoms with E-state index in [4.69, 9.17) is 4.74 Å². The molecule has 1 N–H and O–H groups in total. The van der Waals surface area contributed by atoms with Gasteiger partial charge in [0.25, 0.3) is 0 Å². The fraction of sp³-hybridized carbons (Fsp3) is 0.571. The minimum absolute atomic E-state index is 0.174. The maximum atomic E-state index is 11.2. The molecular formula is C14H18N2O3. The molecule has 2 saturated heterocycles. The first kappa shape index (κ1) is 12.4. The number of fused-ring (bicyclic) bond motifs is 2. The summed E-state index contributed by atoms with van der Waals surface area (Å²) in [6.07, 6.45) is 4.59. The van der Waals surface area contributed by atoms with Gasteiger partial charge in [-0.25, -0.2) is 4.98 Å². The number of pyridine rings is 1. The lowest BCUT2D eigenvalue weighted by Gasteiger charge is -2.23. The Morgan fingerprint density at radius 1 is 1.58 bits per heavy atom. The largest absolute Gasteiger partial charge is 0.481 e. The van der Waals surface area contributed by atoms with Crippen LogP contribution in [0.4, 0.5) is 0 Å². The first-order valence-corrected chi connectivity index (χ1v) is 6.67. The summed E-state index contributed by atoms with van der Waals surface area (Å²) in [5.41, 5.74) is 1.04. The lowest BCUT2D eigenvalue weighted by molar-refractivity contribution is -0.142. The van der Waals surface area contributed by atoms with Crippen LogP contribution in [0.3, 0.4) is 0 Å². The average molecular weight is 262 g/mol. The molecule has 1 aromatic heterocycles. The number of ether oxygens (including phenoxy) is 1. The fourth-order valence-electron chi connectivity index (χ4n) is 3.54. The van der Waals surface area contributed by atoms with E-state index in [9.17, 15) is 9.90 Å². The molecule has 0 spiro atoms. The van der Waals surface area contributed by atoms with Crippen molar-refractivity contribution in [1.29, 1.82) is 0 Å². The molecule has 2 aliphatic heterocycles. The number of hydrogen-bond acceptors (Lipinski definition) is 4. The second-order valence-corrected chi connectivity index (χ2v) is 5.32. The second kappa shape index (κ2) is 4.81. The predicted molar refractivity (Wildman–Crippen MR) is 68.9 cm³/mol. The Morgan fingerprint density at radius 2 is 2.42 bits per heavy atom. The average Bonchev–Trinajstić information content (AvgIpc) is 2.96. The van der Waals surface area contributed by atoms with E-state index in [0.29, 0.717) is 11.9 Å². The van der Waals surface area contributed by atoms with Gasteiger partial charge in [-0.3, -0.25) is 9.69 Å². The highest BCUT2D eigenvalue weighted by atomic mass is 16.5. The summed E-state index contributed by atoms with van der Waals surface area (Å²) in [6.45, 7) is 0.732. The van der Waals surface area contributed by atoms with Crippen molar-refractivity contribution in [1.82, 2.24) is 9.88 Å². The van der Waals surface area contributed by atoms with E-state index in [1.54, 1.807) is 13.3 Å². The van der Waals surface area contributed by atoms with Crippen LogP contribution in [0.1, 0.15) is 24.8 Å². The minimum Gasteiger partial charge on any atom is -0.481 e. The third-order valence-corrected chi connectivity index (χ3v) is 4.39. The summed E-state index contributed by atoms with van der Waals surface area (Å²) in [6, 6.07) is 4.47. The van der Waals surface area contributed by atoms with Crippen LogP contribution < -0.4 is 4.74 Å². The molecule has 5 nitrogen and oxygen atoms in total. The number of nitrogens with zero attached hydrogens (tertiary/aromatic N) is 2. The van der Waals surface area contributed by atoms with Crippen LogP contribution in [0.15, 0.2) is 18.3 Å². The molecule has 5 heteroatoms. The van der Waals surface area contributed by atoms with E-state index in [0.717, 1.165) is 31.4 Å². The highest BCUT2D eigenvalue weighted by Gasteiger charge is 2.49. The molecule has 0 saturated carbocycles.